The van der Waals surface area contributed by atoms with Gasteiger partial charge in [0.2, 0.25) is 11.8 Å². The molecule has 1 N–H and O–H groups in total. The molecule has 0 atom stereocenters. The van der Waals surface area contributed by atoms with Gasteiger partial charge in [-0.3, -0.25) is 14.6 Å². The number of anilines is 1. The average Bonchev–Trinajstić information content (AvgIpc) is 2.58. The number of carbonyl (C=O) groups excluding carboxylic acids is 2. The molecule has 5 heteroatoms. The van der Waals surface area contributed by atoms with E-state index in [4.69, 9.17) is 0 Å². The SMILES string of the molecule is CC(=O)N(CC(=O)NCc1cccnc1)c1ccc(C(C)(C)C)cc1. The van der Waals surface area contributed by atoms with Gasteiger partial charge >= 0.3 is 0 Å². The van der Waals surface area contributed by atoms with Crippen LogP contribution >= 0.6 is 0 Å². The van der Waals surface area contributed by atoms with Gasteiger partial charge in [0.1, 0.15) is 6.54 Å². The molecule has 2 amide bonds. The highest BCUT2D eigenvalue weighted by atomic mass is 16.2. The van der Waals surface area contributed by atoms with Gasteiger partial charge in [0, 0.05) is 31.5 Å². The first-order valence-electron chi connectivity index (χ1n) is 8.31. The molecule has 0 unspecified atom stereocenters. The maximum absolute atomic E-state index is 12.2. The molecule has 2 rings (SSSR count). The molecular weight excluding hydrogens is 314 g/mol. The molecule has 0 bridgehead atoms. The molecule has 0 saturated carbocycles. The Bertz CT molecular complexity index is 719. The van der Waals surface area contributed by atoms with E-state index in [-0.39, 0.29) is 23.8 Å². The topological polar surface area (TPSA) is 62.3 Å². The van der Waals surface area contributed by atoms with Crippen LogP contribution in [0.25, 0.3) is 0 Å². The molecule has 1 heterocycles. The predicted octanol–water partition coefficient (Wildman–Crippen LogP) is 3.05. The quantitative estimate of drug-likeness (QED) is 0.911. The van der Waals surface area contributed by atoms with E-state index in [0.29, 0.717) is 6.54 Å². The lowest BCUT2D eigenvalue weighted by atomic mass is 9.87. The van der Waals surface area contributed by atoms with E-state index in [1.54, 1.807) is 12.4 Å². The number of aromatic nitrogens is 1. The van der Waals surface area contributed by atoms with Crippen molar-refractivity contribution < 1.29 is 9.59 Å². The molecule has 132 valence electrons. The fourth-order valence-corrected chi connectivity index (χ4v) is 2.43. The lowest BCUT2D eigenvalue weighted by molar-refractivity contribution is -0.123. The smallest absolute Gasteiger partial charge is 0.240 e. The molecule has 0 spiro atoms. The zero-order valence-corrected chi connectivity index (χ0v) is 15.2. The van der Waals surface area contributed by atoms with Crippen molar-refractivity contribution in [2.75, 3.05) is 11.4 Å². The molecule has 5 nitrogen and oxygen atoms in total. The third-order valence-corrected chi connectivity index (χ3v) is 3.94. The van der Waals surface area contributed by atoms with Crippen LogP contribution in [0.5, 0.6) is 0 Å². The Morgan fingerprint density at radius 1 is 1.12 bits per heavy atom. The minimum Gasteiger partial charge on any atom is -0.350 e. The van der Waals surface area contributed by atoms with Crippen molar-refractivity contribution >= 4 is 17.5 Å². The van der Waals surface area contributed by atoms with E-state index in [1.807, 2.05) is 36.4 Å². The summed E-state index contributed by atoms with van der Waals surface area (Å²) >= 11 is 0. The van der Waals surface area contributed by atoms with E-state index in [0.717, 1.165) is 11.3 Å². The molecule has 1 aromatic carbocycles. The fourth-order valence-electron chi connectivity index (χ4n) is 2.43. The van der Waals surface area contributed by atoms with E-state index < -0.39 is 0 Å². The second-order valence-corrected chi connectivity index (χ2v) is 7.04. The Kier molecular flexibility index (Phi) is 5.91. The summed E-state index contributed by atoms with van der Waals surface area (Å²) in [6, 6.07) is 11.5. The summed E-state index contributed by atoms with van der Waals surface area (Å²) in [6.45, 7) is 8.25. The maximum atomic E-state index is 12.2. The van der Waals surface area contributed by atoms with Gasteiger partial charge in [0.15, 0.2) is 0 Å². The molecule has 0 saturated heterocycles. The van der Waals surface area contributed by atoms with E-state index in [1.165, 1.54) is 17.4 Å². The van der Waals surface area contributed by atoms with Crippen LogP contribution in [0.15, 0.2) is 48.8 Å². The molecule has 1 aromatic heterocycles. The first kappa shape index (κ1) is 18.6. The van der Waals surface area contributed by atoms with Crippen LogP contribution in [0, 0.1) is 0 Å². The number of nitrogens with zero attached hydrogens (tertiary/aromatic N) is 2. The number of hydrogen-bond acceptors (Lipinski definition) is 3. The lowest BCUT2D eigenvalue weighted by Crippen LogP contribution is -2.39. The molecular formula is C20H25N3O2. The van der Waals surface area contributed by atoms with Crippen molar-refractivity contribution in [2.24, 2.45) is 0 Å². The normalized spacial score (nSPS) is 11.0. The second kappa shape index (κ2) is 7.92. The number of benzene rings is 1. The third kappa shape index (κ3) is 5.41. The van der Waals surface area contributed by atoms with E-state index in [9.17, 15) is 9.59 Å². The number of rotatable bonds is 5. The first-order chi connectivity index (χ1) is 11.8. The van der Waals surface area contributed by atoms with E-state index >= 15 is 0 Å². The van der Waals surface area contributed by atoms with Crippen molar-refractivity contribution in [1.82, 2.24) is 10.3 Å². The van der Waals surface area contributed by atoms with Crippen LogP contribution in [-0.4, -0.2) is 23.3 Å². The summed E-state index contributed by atoms with van der Waals surface area (Å²) in [5.74, 6) is -0.376. The van der Waals surface area contributed by atoms with Gasteiger partial charge in [0.05, 0.1) is 0 Å². The van der Waals surface area contributed by atoms with Crippen molar-refractivity contribution in [1.29, 1.82) is 0 Å². The van der Waals surface area contributed by atoms with Crippen LogP contribution in [0.1, 0.15) is 38.8 Å². The van der Waals surface area contributed by atoms with Crippen molar-refractivity contribution in [3.63, 3.8) is 0 Å². The van der Waals surface area contributed by atoms with Gasteiger partial charge in [-0.05, 0) is 34.7 Å². The monoisotopic (exact) mass is 339 g/mol. The highest BCUT2D eigenvalue weighted by molar-refractivity contribution is 5.97. The number of carbonyl (C=O) groups is 2. The summed E-state index contributed by atoms with van der Waals surface area (Å²) in [6.07, 6.45) is 3.39. The number of amides is 2. The highest BCUT2D eigenvalue weighted by Gasteiger charge is 2.18. The van der Waals surface area contributed by atoms with Crippen molar-refractivity contribution in [3.8, 4) is 0 Å². The molecule has 2 aromatic rings. The van der Waals surface area contributed by atoms with Crippen molar-refractivity contribution in [2.45, 2.75) is 39.7 Å². The summed E-state index contributed by atoms with van der Waals surface area (Å²) in [5, 5.41) is 2.82. The van der Waals surface area contributed by atoms with Gasteiger partial charge < -0.3 is 10.2 Å². The molecule has 0 aliphatic heterocycles. The summed E-state index contributed by atoms with van der Waals surface area (Å²) in [4.78, 5) is 29.7. The zero-order valence-electron chi connectivity index (χ0n) is 15.2. The molecule has 0 radical (unpaired) electrons. The Balaban J connectivity index is 2.03. The Morgan fingerprint density at radius 2 is 1.80 bits per heavy atom. The van der Waals surface area contributed by atoms with Crippen LogP contribution in [-0.2, 0) is 21.5 Å². The minimum absolute atomic E-state index is 0.00946. The molecule has 25 heavy (non-hydrogen) atoms. The second-order valence-electron chi connectivity index (χ2n) is 7.04. The Morgan fingerprint density at radius 3 is 2.32 bits per heavy atom. The Labute approximate surface area is 149 Å². The van der Waals surface area contributed by atoms with Crippen LogP contribution in [0.3, 0.4) is 0 Å². The highest BCUT2D eigenvalue weighted by Crippen LogP contribution is 2.25. The number of pyridine rings is 1. The molecule has 0 aliphatic rings. The standard InChI is InChI=1S/C20H25N3O2/c1-15(24)23(18-9-7-17(8-10-18)20(2,3)4)14-19(25)22-13-16-6-5-11-21-12-16/h5-12H,13-14H2,1-4H3,(H,22,25). The third-order valence-electron chi connectivity index (χ3n) is 3.94. The van der Waals surface area contributed by atoms with Gasteiger partial charge in [-0.2, -0.15) is 0 Å². The van der Waals surface area contributed by atoms with Crippen LogP contribution in [0.2, 0.25) is 0 Å². The largest absolute Gasteiger partial charge is 0.350 e. The number of hydrogen-bond donors (Lipinski definition) is 1. The van der Waals surface area contributed by atoms with Gasteiger partial charge in [0.25, 0.3) is 0 Å². The first-order valence-corrected chi connectivity index (χ1v) is 8.31. The number of nitrogens with one attached hydrogen (secondary N) is 1. The summed E-state index contributed by atoms with van der Waals surface area (Å²) < 4.78 is 0. The fraction of sp³-hybridized carbons (Fsp3) is 0.350. The average molecular weight is 339 g/mol. The molecule has 0 fully saturated rings. The van der Waals surface area contributed by atoms with Gasteiger partial charge in [-0.25, -0.2) is 0 Å². The minimum atomic E-state index is -0.209. The molecule has 0 aliphatic carbocycles. The van der Waals surface area contributed by atoms with Crippen LogP contribution < -0.4 is 10.2 Å². The predicted molar refractivity (Wildman–Crippen MR) is 99.3 cm³/mol. The maximum Gasteiger partial charge on any atom is 0.240 e. The van der Waals surface area contributed by atoms with Gasteiger partial charge in [-0.1, -0.05) is 39.0 Å². The van der Waals surface area contributed by atoms with E-state index in [2.05, 4.69) is 31.1 Å². The van der Waals surface area contributed by atoms with Gasteiger partial charge in [-0.15, -0.1) is 0 Å². The van der Waals surface area contributed by atoms with Crippen LogP contribution in [0.4, 0.5) is 5.69 Å². The summed E-state index contributed by atoms with van der Waals surface area (Å²) in [7, 11) is 0. The zero-order chi connectivity index (χ0) is 18.4. The lowest BCUT2D eigenvalue weighted by Gasteiger charge is -2.23. The van der Waals surface area contributed by atoms with Crippen molar-refractivity contribution in [3.05, 3.63) is 59.9 Å². The Hall–Kier alpha value is -2.69. The summed E-state index contributed by atoms with van der Waals surface area (Å²) in [5.41, 5.74) is 2.86.